The van der Waals surface area contributed by atoms with Crippen molar-refractivity contribution in [2.24, 2.45) is 0 Å². The highest BCUT2D eigenvalue weighted by Crippen LogP contribution is 2.18. The van der Waals surface area contributed by atoms with Crippen molar-refractivity contribution in [3.8, 4) is 0 Å². The van der Waals surface area contributed by atoms with Gasteiger partial charge in [0, 0.05) is 24.7 Å². The van der Waals surface area contributed by atoms with Crippen LogP contribution in [0.15, 0.2) is 18.2 Å². The number of carbonyl (C=O) groups excluding carboxylic acids is 1. The summed E-state index contributed by atoms with van der Waals surface area (Å²) in [6, 6.07) is 6.75. The molecule has 0 atom stereocenters. The summed E-state index contributed by atoms with van der Waals surface area (Å²) >= 11 is 0. The molecule has 116 valence electrons. The van der Waals surface area contributed by atoms with E-state index >= 15 is 0 Å². The number of hydrogen-bond acceptors (Lipinski definition) is 2. The van der Waals surface area contributed by atoms with Gasteiger partial charge in [0.1, 0.15) is 0 Å². The SMILES string of the molecule is Cc1ccc(NCCC(=O)NC2CCCCCC2)c(C)c1. The van der Waals surface area contributed by atoms with Crippen LogP contribution >= 0.6 is 0 Å². The molecule has 3 heteroatoms. The molecule has 0 unspecified atom stereocenters. The van der Waals surface area contributed by atoms with Crippen LogP contribution in [0.2, 0.25) is 0 Å². The highest BCUT2D eigenvalue weighted by atomic mass is 16.1. The fourth-order valence-electron chi connectivity index (χ4n) is 3.05. The number of rotatable bonds is 5. The summed E-state index contributed by atoms with van der Waals surface area (Å²) in [5.74, 6) is 0.180. The largest absolute Gasteiger partial charge is 0.384 e. The lowest BCUT2D eigenvalue weighted by molar-refractivity contribution is -0.121. The van der Waals surface area contributed by atoms with Crippen LogP contribution in [-0.4, -0.2) is 18.5 Å². The van der Waals surface area contributed by atoms with Crippen molar-refractivity contribution in [2.45, 2.75) is 64.8 Å². The maximum Gasteiger partial charge on any atom is 0.221 e. The third-order valence-corrected chi connectivity index (χ3v) is 4.27. The van der Waals surface area contributed by atoms with Gasteiger partial charge in [-0.15, -0.1) is 0 Å². The number of aryl methyl sites for hydroxylation is 2. The lowest BCUT2D eigenvalue weighted by Gasteiger charge is -2.16. The first-order chi connectivity index (χ1) is 10.1. The van der Waals surface area contributed by atoms with Crippen molar-refractivity contribution in [3.63, 3.8) is 0 Å². The number of amides is 1. The van der Waals surface area contributed by atoms with Crippen LogP contribution in [0.25, 0.3) is 0 Å². The average Bonchev–Trinajstić information content (AvgIpc) is 2.70. The molecular weight excluding hydrogens is 260 g/mol. The molecule has 1 aromatic rings. The molecule has 0 spiro atoms. The van der Waals surface area contributed by atoms with Gasteiger partial charge >= 0.3 is 0 Å². The molecule has 1 aliphatic carbocycles. The van der Waals surface area contributed by atoms with E-state index in [2.05, 4.69) is 42.7 Å². The zero-order chi connectivity index (χ0) is 15.1. The summed E-state index contributed by atoms with van der Waals surface area (Å²) in [5, 5.41) is 6.55. The van der Waals surface area contributed by atoms with E-state index in [1.165, 1.54) is 36.8 Å². The number of hydrogen-bond donors (Lipinski definition) is 2. The predicted molar refractivity (Wildman–Crippen MR) is 88.7 cm³/mol. The molecule has 0 saturated heterocycles. The average molecular weight is 288 g/mol. The summed E-state index contributed by atoms with van der Waals surface area (Å²) < 4.78 is 0. The second kappa shape index (κ2) is 8.06. The van der Waals surface area contributed by atoms with E-state index in [-0.39, 0.29) is 5.91 Å². The summed E-state index contributed by atoms with van der Waals surface area (Å²) in [7, 11) is 0. The third kappa shape index (κ3) is 5.41. The Hall–Kier alpha value is -1.51. The number of carbonyl (C=O) groups is 1. The summed E-state index contributed by atoms with van der Waals surface area (Å²) in [6.45, 7) is 4.89. The molecule has 2 N–H and O–H groups in total. The molecule has 1 fully saturated rings. The maximum absolute atomic E-state index is 12.0. The minimum Gasteiger partial charge on any atom is -0.384 e. The van der Waals surface area contributed by atoms with Gasteiger partial charge in [0.15, 0.2) is 0 Å². The van der Waals surface area contributed by atoms with E-state index in [0.29, 0.717) is 19.0 Å². The van der Waals surface area contributed by atoms with E-state index in [1.807, 2.05) is 0 Å². The van der Waals surface area contributed by atoms with Gasteiger partial charge in [0.05, 0.1) is 0 Å². The Morgan fingerprint density at radius 3 is 2.52 bits per heavy atom. The molecule has 1 aliphatic rings. The monoisotopic (exact) mass is 288 g/mol. The lowest BCUT2D eigenvalue weighted by Crippen LogP contribution is -2.35. The molecule has 0 radical (unpaired) electrons. The molecule has 0 aliphatic heterocycles. The van der Waals surface area contributed by atoms with Crippen LogP contribution in [0.4, 0.5) is 5.69 Å². The quantitative estimate of drug-likeness (QED) is 0.806. The van der Waals surface area contributed by atoms with Crippen LogP contribution in [0.1, 0.15) is 56.1 Å². The van der Waals surface area contributed by atoms with Crippen LogP contribution in [-0.2, 0) is 4.79 Å². The molecule has 0 bridgehead atoms. The van der Waals surface area contributed by atoms with Gasteiger partial charge in [-0.1, -0.05) is 43.4 Å². The van der Waals surface area contributed by atoms with Gasteiger partial charge in [-0.3, -0.25) is 4.79 Å². The highest BCUT2D eigenvalue weighted by molar-refractivity contribution is 5.76. The fraction of sp³-hybridized carbons (Fsp3) is 0.611. The van der Waals surface area contributed by atoms with Crippen LogP contribution in [0.3, 0.4) is 0 Å². The maximum atomic E-state index is 12.0. The van der Waals surface area contributed by atoms with Crippen molar-refractivity contribution in [1.29, 1.82) is 0 Å². The zero-order valence-corrected chi connectivity index (χ0v) is 13.4. The second-order valence-corrected chi connectivity index (χ2v) is 6.25. The van der Waals surface area contributed by atoms with E-state index < -0.39 is 0 Å². The molecule has 2 rings (SSSR count). The van der Waals surface area contributed by atoms with Crippen molar-refractivity contribution < 1.29 is 4.79 Å². The van der Waals surface area contributed by atoms with Gasteiger partial charge in [-0.2, -0.15) is 0 Å². The van der Waals surface area contributed by atoms with Gasteiger partial charge in [0.2, 0.25) is 5.91 Å². The smallest absolute Gasteiger partial charge is 0.221 e. The summed E-state index contributed by atoms with van der Waals surface area (Å²) in [4.78, 5) is 12.0. The molecule has 1 aromatic carbocycles. The van der Waals surface area contributed by atoms with Gasteiger partial charge in [-0.05, 0) is 38.3 Å². The standard InChI is InChI=1S/C18H28N2O/c1-14-9-10-17(15(2)13-14)19-12-11-18(21)20-16-7-5-3-4-6-8-16/h9-10,13,16,19H,3-8,11-12H2,1-2H3,(H,20,21). The van der Waals surface area contributed by atoms with E-state index in [9.17, 15) is 4.79 Å². The van der Waals surface area contributed by atoms with E-state index in [1.54, 1.807) is 0 Å². The Bertz CT molecular complexity index is 462. The van der Waals surface area contributed by atoms with Gasteiger partial charge < -0.3 is 10.6 Å². The van der Waals surface area contributed by atoms with Crippen molar-refractivity contribution in [3.05, 3.63) is 29.3 Å². The Kier molecular flexibility index (Phi) is 6.09. The highest BCUT2D eigenvalue weighted by Gasteiger charge is 2.14. The Labute approximate surface area is 128 Å². The third-order valence-electron chi connectivity index (χ3n) is 4.27. The van der Waals surface area contributed by atoms with Crippen LogP contribution in [0.5, 0.6) is 0 Å². The molecule has 21 heavy (non-hydrogen) atoms. The van der Waals surface area contributed by atoms with E-state index in [0.717, 1.165) is 18.5 Å². The first-order valence-electron chi connectivity index (χ1n) is 8.25. The van der Waals surface area contributed by atoms with Crippen molar-refractivity contribution in [1.82, 2.24) is 5.32 Å². The zero-order valence-electron chi connectivity index (χ0n) is 13.4. The molecule has 0 heterocycles. The predicted octanol–water partition coefficient (Wildman–Crippen LogP) is 3.94. The minimum atomic E-state index is 0.180. The number of anilines is 1. The first kappa shape index (κ1) is 15.9. The normalized spacial score (nSPS) is 16.3. The molecule has 0 aromatic heterocycles. The first-order valence-corrected chi connectivity index (χ1v) is 8.25. The number of nitrogens with one attached hydrogen (secondary N) is 2. The summed E-state index contributed by atoms with van der Waals surface area (Å²) in [6.07, 6.45) is 8.00. The topological polar surface area (TPSA) is 41.1 Å². The number of benzene rings is 1. The van der Waals surface area contributed by atoms with Gasteiger partial charge in [-0.25, -0.2) is 0 Å². The fourth-order valence-corrected chi connectivity index (χ4v) is 3.05. The van der Waals surface area contributed by atoms with Crippen molar-refractivity contribution in [2.75, 3.05) is 11.9 Å². The summed E-state index contributed by atoms with van der Waals surface area (Å²) in [5.41, 5.74) is 3.63. The van der Waals surface area contributed by atoms with Crippen LogP contribution in [0, 0.1) is 13.8 Å². The Balaban J connectivity index is 1.71. The molecule has 1 saturated carbocycles. The molecular formula is C18H28N2O. The van der Waals surface area contributed by atoms with Crippen molar-refractivity contribution >= 4 is 11.6 Å². The molecule has 1 amide bonds. The Morgan fingerprint density at radius 1 is 1.14 bits per heavy atom. The van der Waals surface area contributed by atoms with Crippen LogP contribution < -0.4 is 10.6 Å². The van der Waals surface area contributed by atoms with E-state index in [4.69, 9.17) is 0 Å². The lowest BCUT2D eigenvalue weighted by atomic mass is 10.1. The molecule has 3 nitrogen and oxygen atoms in total. The minimum absolute atomic E-state index is 0.180. The second-order valence-electron chi connectivity index (χ2n) is 6.25. The Morgan fingerprint density at radius 2 is 1.86 bits per heavy atom. The van der Waals surface area contributed by atoms with Gasteiger partial charge in [0.25, 0.3) is 0 Å².